The first-order valence-corrected chi connectivity index (χ1v) is 15.1. The zero-order chi connectivity index (χ0) is 27.6. The van der Waals surface area contributed by atoms with Crippen molar-refractivity contribution in [2.24, 2.45) is 0 Å². The van der Waals surface area contributed by atoms with Gasteiger partial charge >= 0.3 is 0 Å². The highest BCUT2D eigenvalue weighted by Crippen LogP contribution is 2.27. The highest BCUT2D eigenvalue weighted by molar-refractivity contribution is 7.92. The lowest BCUT2D eigenvalue weighted by Crippen LogP contribution is -2.49. The van der Waals surface area contributed by atoms with Crippen LogP contribution in [0.5, 0.6) is 0 Å². The number of nitrogens with zero attached hydrogens (tertiary/aromatic N) is 2. The first-order valence-electron chi connectivity index (χ1n) is 12.8. The van der Waals surface area contributed by atoms with Crippen LogP contribution in [-0.4, -0.2) is 50.5 Å². The summed E-state index contributed by atoms with van der Waals surface area (Å²) in [5, 5.41) is 3.40. The SMILES string of the molecule is CCCCNC(=O)[C@@H](CC)N(Cc1cccc(C)c1)C(=O)CCCN(c1cc(Cl)ccc1C)S(C)(=O)=O. The zero-order valence-corrected chi connectivity index (χ0v) is 24.2. The molecule has 0 unspecified atom stereocenters. The van der Waals surface area contributed by atoms with E-state index in [4.69, 9.17) is 11.6 Å². The molecule has 0 saturated carbocycles. The standard InChI is InChI=1S/C28H40ClN3O4S/c1-6-8-16-30-28(34)25(7-2)31(20-23-12-9-11-21(3)18-23)27(33)13-10-17-32(37(5,35)36)26-19-24(29)15-14-22(26)4/h9,11-12,14-15,18-19,25H,6-8,10,13,16-17,20H2,1-5H3,(H,30,34)/t25-/m1/s1. The van der Waals surface area contributed by atoms with Crippen molar-refractivity contribution in [3.63, 3.8) is 0 Å². The molecular weight excluding hydrogens is 510 g/mol. The molecule has 37 heavy (non-hydrogen) atoms. The van der Waals surface area contributed by atoms with Gasteiger partial charge in [0.25, 0.3) is 0 Å². The van der Waals surface area contributed by atoms with E-state index in [9.17, 15) is 18.0 Å². The number of rotatable bonds is 14. The quantitative estimate of drug-likeness (QED) is 0.327. The summed E-state index contributed by atoms with van der Waals surface area (Å²) >= 11 is 6.13. The average molecular weight is 550 g/mol. The highest BCUT2D eigenvalue weighted by Gasteiger charge is 2.29. The molecule has 204 valence electrons. The molecule has 0 aliphatic rings. The predicted octanol–water partition coefficient (Wildman–Crippen LogP) is 5.23. The summed E-state index contributed by atoms with van der Waals surface area (Å²) in [7, 11) is -3.59. The van der Waals surface area contributed by atoms with E-state index in [0.717, 1.165) is 35.8 Å². The van der Waals surface area contributed by atoms with Crippen LogP contribution in [0, 0.1) is 13.8 Å². The van der Waals surface area contributed by atoms with Crippen LogP contribution in [0.25, 0.3) is 0 Å². The molecule has 0 fully saturated rings. The number of amides is 2. The van der Waals surface area contributed by atoms with Crippen molar-refractivity contribution in [1.82, 2.24) is 10.2 Å². The molecule has 2 amide bonds. The second kappa shape index (κ2) is 14.4. The summed E-state index contributed by atoms with van der Waals surface area (Å²) in [6.45, 7) is 8.77. The maximum atomic E-state index is 13.5. The second-order valence-corrected chi connectivity index (χ2v) is 11.8. The Bertz CT molecular complexity index is 1170. The van der Waals surface area contributed by atoms with Gasteiger partial charge in [0.1, 0.15) is 6.04 Å². The summed E-state index contributed by atoms with van der Waals surface area (Å²) in [5.41, 5.74) is 3.30. The number of halogens is 1. The van der Waals surface area contributed by atoms with Gasteiger partial charge in [-0.25, -0.2) is 8.42 Å². The Kier molecular flexibility index (Phi) is 11.9. The highest BCUT2D eigenvalue weighted by atomic mass is 35.5. The van der Waals surface area contributed by atoms with Crippen molar-refractivity contribution < 1.29 is 18.0 Å². The molecule has 0 radical (unpaired) electrons. The van der Waals surface area contributed by atoms with Crippen LogP contribution < -0.4 is 9.62 Å². The molecule has 9 heteroatoms. The van der Waals surface area contributed by atoms with Crippen LogP contribution in [0.4, 0.5) is 5.69 Å². The Balaban J connectivity index is 2.23. The van der Waals surface area contributed by atoms with Gasteiger partial charge in [-0.3, -0.25) is 13.9 Å². The Morgan fingerprint density at radius 1 is 1.05 bits per heavy atom. The van der Waals surface area contributed by atoms with Gasteiger partial charge in [0, 0.05) is 31.1 Å². The molecule has 0 saturated heterocycles. The second-order valence-electron chi connectivity index (χ2n) is 9.45. The van der Waals surface area contributed by atoms with E-state index >= 15 is 0 Å². The number of anilines is 1. The number of carbonyl (C=O) groups excluding carboxylic acids is 2. The van der Waals surface area contributed by atoms with Crippen LogP contribution in [0.3, 0.4) is 0 Å². The van der Waals surface area contributed by atoms with E-state index in [2.05, 4.69) is 12.2 Å². The Labute approximate surface area is 227 Å². The van der Waals surface area contributed by atoms with E-state index in [1.807, 2.05) is 45.0 Å². The normalized spacial score (nSPS) is 12.2. The van der Waals surface area contributed by atoms with E-state index < -0.39 is 16.1 Å². The number of sulfonamides is 1. The maximum absolute atomic E-state index is 13.5. The molecule has 0 aromatic heterocycles. The lowest BCUT2D eigenvalue weighted by atomic mass is 10.1. The first-order chi connectivity index (χ1) is 17.5. The lowest BCUT2D eigenvalue weighted by molar-refractivity contribution is -0.141. The maximum Gasteiger partial charge on any atom is 0.242 e. The van der Waals surface area contributed by atoms with Crippen molar-refractivity contribution >= 4 is 39.1 Å². The summed E-state index contributed by atoms with van der Waals surface area (Å²) < 4.78 is 26.5. The van der Waals surface area contributed by atoms with Gasteiger partial charge in [-0.2, -0.15) is 0 Å². The minimum absolute atomic E-state index is 0.107. The van der Waals surface area contributed by atoms with Gasteiger partial charge in [0.2, 0.25) is 21.8 Å². The largest absolute Gasteiger partial charge is 0.354 e. The number of aryl methyl sites for hydroxylation is 2. The van der Waals surface area contributed by atoms with E-state index in [1.165, 1.54) is 4.31 Å². The molecule has 0 bridgehead atoms. The Morgan fingerprint density at radius 3 is 2.41 bits per heavy atom. The third-order valence-corrected chi connectivity index (χ3v) is 7.66. The summed E-state index contributed by atoms with van der Waals surface area (Å²) in [6.07, 6.45) is 3.87. The average Bonchev–Trinajstić information content (AvgIpc) is 2.82. The third-order valence-electron chi connectivity index (χ3n) is 6.24. The number of hydrogen-bond donors (Lipinski definition) is 1. The fourth-order valence-electron chi connectivity index (χ4n) is 4.27. The third kappa shape index (κ3) is 9.34. The van der Waals surface area contributed by atoms with Gasteiger partial charge in [0.15, 0.2) is 0 Å². The minimum atomic E-state index is -3.59. The van der Waals surface area contributed by atoms with Gasteiger partial charge in [-0.15, -0.1) is 0 Å². The molecule has 0 spiro atoms. The molecule has 0 heterocycles. The van der Waals surface area contributed by atoms with E-state index in [-0.39, 0.29) is 24.8 Å². The van der Waals surface area contributed by atoms with Gasteiger partial charge in [-0.05, 0) is 56.4 Å². The molecule has 1 atom stereocenters. The van der Waals surface area contributed by atoms with Crippen molar-refractivity contribution in [1.29, 1.82) is 0 Å². The topological polar surface area (TPSA) is 86.8 Å². The molecule has 7 nitrogen and oxygen atoms in total. The van der Waals surface area contributed by atoms with Crippen LogP contribution in [-0.2, 0) is 26.2 Å². The monoisotopic (exact) mass is 549 g/mol. The van der Waals surface area contributed by atoms with Crippen molar-refractivity contribution in [3.05, 3.63) is 64.2 Å². The smallest absolute Gasteiger partial charge is 0.242 e. The number of nitrogens with one attached hydrogen (secondary N) is 1. The number of hydrogen-bond acceptors (Lipinski definition) is 4. The Hall–Kier alpha value is -2.58. The summed E-state index contributed by atoms with van der Waals surface area (Å²) in [4.78, 5) is 28.2. The molecule has 0 aliphatic heterocycles. The molecule has 1 N–H and O–H groups in total. The minimum Gasteiger partial charge on any atom is -0.354 e. The van der Waals surface area contributed by atoms with Gasteiger partial charge in [0.05, 0.1) is 11.9 Å². The predicted molar refractivity (Wildman–Crippen MR) is 151 cm³/mol. The van der Waals surface area contributed by atoms with Crippen molar-refractivity contribution in [2.45, 2.75) is 72.4 Å². The molecule has 2 aromatic carbocycles. The number of carbonyl (C=O) groups is 2. The molecular formula is C28H40ClN3O4S. The van der Waals surface area contributed by atoms with E-state index in [0.29, 0.717) is 36.6 Å². The van der Waals surface area contributed by atoms with Gasteiger partial charge in [-0.1, -0.05) is 67.8 Å². The zero-order valence-electron chi connectivity index (χ0n) is 22.6. The van der Waals surface area contributed by atoms with Gasteiger partial charge < -0.3 is 10.2 Å². The number of unbranched alkanes of at least 4 members (excludes halogenated alkanes) is 1. The number of benzene rings is 2. The summed E-state index contributed by atoms with van der Waals surface area (Å²) in [6, 6.07) is 12.4. The van der Waals surface area contributed by atoms with E-state index in [1.54, 1.807) is 23.1 Å². The molecule has 2 rings (SSSR count). The fraction of sp³-hybridized carbons (Fsp3) is 0.500. The molecule has 2 aromatic rings. The van der Waals surface area contributed by atoms with Crippen molar-refractivity contribution in [3.8, 4) is 0 Å². The lowest BCUT2D eigenvalue weighted by Gasteiger charge is -2.31. The molecule has 0 aliphatic carbocycles. The van der Waals surface area contributed by atoms with Crippen LogP contribution in [0.2, 0.25) is 5.02 Å². The van der Waals surface area contributed by atoms with Crippen molar-refractivity contribution in [2.75, 3.05) is 23.7 Å². The van der Waals surface area contributed by atoms with Crippen LogP contribution in [0.1, 0.15) is 62.6 Å². The van der Waals surface area contributed by atoms with Crippen LogP contribution >= 0.6 is 11.6 Å². The first kappa shape index (κ1) is 30.6. The summed E-state index contributed by atoms with van der Waals surface area (Å²) in [5.74, 6) is -0.348. The van der Waals surface area contributed by atoms with Crippen LogP contribution in [0.15, 0.2) is 42.5 Å². The Morgan fingerprint density at radius 2 is 1.78 bits per heavy atom. The fourth-order valence-corrected chi connectivity index (χ4v) is 5.45.